The van der Waals surface area contributed by atoms with E-state index in [0.717, 1.165) is 37.4 Å². The lowest BCUT2D eigenvalue weighted by atomic mass is 10.1. The Balaban J connectivity index is 1.22. The maximum Gasteiger partial charge on any atom is 0.231 e. The van der Waals surface area contributed by atoms with Crippen LogP contribution in [0, 0.1) is 5.92 Å². The normalized spacial score (nSPS) is 20.7. The van der Waals surface area contributed by atoms with Gasteiger partial charge < -0.3 is 29.5 Å². The number of para-hydroxylation sites is 1. The third-order valence-corrected chi connectivity index (χ3v) is 6.45. The number of likely N-dealkylation sites (N-methyl/N-ethyl adjacent to an activating group) is 1. The highest BCUT2D eigenvalue weighted by Crippen LogP contribution is 2.37. The second-order valence-electron chi connectivity index (χ2n) is 8.58. The molecule has 0 aliphatic carbocycles. The first kappa shape index (κ1) is 20.6. The van der Waals surface area contributed by atoms with Crippen LogP contribution < -0.4 is 24.6 Å². The van der Waals surface area contributed by atoms with Crippen molar-refractivity contribution in [1.82, 2.24) is 10.2 Å². The number of nitrogens with one attached hydrogen (secondary N) is 1. The summed E-state index contributed by atoms with van der Waals surface area (Å²) >= 11 is 0. The van der Waals surface area contributed by atoms with Crippen LogP contribution >= 0.6 is 0 Å². The quantitative estimate of drug-likeness (QED) is 0.771. The second kappa shape index (κ2) is 8.70. The Kier molecular flexibility index (Phi) is 5.61. The molecule has 3 heterocycles. The molecule has 32 heavy (non-hydrogen) atoms. The van der Waals surface area contributed by atoms with Gasteiger partial charge in [0.2, 0.25) is 18.6 Å². The van der Waals surface area contributed by atoms with Crippen LogP contribution in [-0.2, 0) is 16.1 Å². The van der Waals surface area contributed by atoms with Crippen LogP contribution in [0.15, 0.2) is 42.5 Å². The van der Waals surface area contributed by atoms with Gasteiger partial charge in [-0.05, 0) is 30.8 Å². The topological polar surface area (TPSA) is 74.4 Å². The molecule has 3 aliphatic rings. The highest BCUT2D eigenvalue weighted by molar-refractivity contribution is 6.00. The number of carbonyl (C=O) groups excluding carboxylic acids is 2. The number of fused-ring (bicyclic) bond motifs is 1. The van der Waals surface area contributed by atoms with E-state index in [9.17, 15) is 9.59 Å². The number of rotatable bonds is 5. The Morgan fingerprint density at radius 1 is 1.06 bits per heavy atom. The molecule has 3 aliphatic heterocycles. The number of piperazine rings is 1. The van der Waals surface area contributed by atoms with Gasteiger partial charge in [-0.1, -0.05) is 18.2 Å². The molecule has 1 atom stereocenters. The molecule has 1 unspecified atom stereocenters. The van der Waals surface area contributed by atoms with Crippen molar-refractivity contribution < 1.29 is 19.1 Å². The first-order chi connectivity index (χ1) is 15.6. The minimum Gasteiger partial charge on any atom is -0.454 e. The fourth-order valence-electron chi connectivity index (χ4n) is 4.53. The van der Waals surface area contributed by atoms with E-state index < -0.39 is 0 Å². The van der Waals surface area contributed by atoms with E-state index in [1.54, 1.807) is 17.0 Å². The van der Waals surface area contributed by atoms with Gasteiger partial charge >= 0.3 is 0 Å². The van der Waals surface area contributed by atoms with Crippen LogP contribution in [0.3, 0.4) is 0 Å². The summed E-state index contributed by atoms with van der Waals surface area (Å²) in [5, 5.41) is 3.06. The number of amides is 2. The van der Waals surface area contributed by atoms with Crippen molar-refractivity contribution in [2.24, 2.45) is 5.92 Å². The molecule has 2 saturated heterocycles. The smallest absolute Gasteiger partial charge is 0.231 e. The van der Waals surface area contributed by atoms with Crippen LogP contribution in [-0.4, -0.2) is 63.3 Å². The summed E-state index contributed by atoms with van der Waals surface area (Å²) in [4.78, 5) is 31.9. The van der Waals surface area contributed by atoms with Gasteiger partial charge in [-0.15, -0.1) is 0 Å². The highest BCUT2D eigenvalue weighted by Gasteiger charge is 2.35. The predicted molar refractivity (Wildman–Crippen MR) is 121 cm³/mol. The molecule has 2 aromatic rings. The molecule has 0 spiro atoms. The molecule has 5 rings (SSSR count). The van der Waals surface area contributed by atoms with E-state index >= 15 is 0 Å². The summed E-state index contributed by atoms with van der Waals surface area (Å²) in [5.41, 5.74) is 3.00. The van der Waals surface area contributed by atoms with Gasteiger partial charge in [-0.25, -0.2) is 0 Å². The number of hydrogen-bond acceptors (Lipinski definition) is 6. The summed E-state index contributed by atoms with van der Waals surface area (Å²) in [6.45, 7) is 5.02. The van der Waals surface area contributed by atoms with E-state index in [2.05, 4.69) is 34.3 Å². The van der Waals surface area contributed by atoms with E-state index in [4.69, 9.17) is 9.47 Å². The van der Waals surface area contributed by atoms with Crippen LogP contribution in [0.4, 0.5) is 11.4 Å². The molecular formula is C24H28N4O4. The Morgan fingerprint density at radius 2 is 1.84 bits per heavy atom. The molecule has 1 N–H and O–H groups in total. The molecule has 0 saturated carbocycles. The Labute approximate surface area is 187 Å². The predicted octanol–water partition coefficient (Wildman–Crippen LogP) is 1.84. The largest absolute Gasteiger partial charge is 0.454 e. The maximum atomic E-state index is 12.9. The zero-order valence-electron chi connectivity index (χ0n) is 18.3. The molecule has 2 fully saturated rings. The zero-order valence-corrected chi connectivity index (χ0v) is 18.3. The molecule has 0 bridgehead atoms. The molecule has 168 valence electrons. The van der Waals surface area contributed by atoms with Gasteiger partial charge in [-0.2, -0.15) is 0 Å². The van der Waals surface area contributed by atoms with Crippen LogP contribution in [0.5, 0.6) is 11.5 Å². The third kappa shape index (κ3) is 4.10. The van der Waals surface area contributed by atoms with Crippen LogP contribution in [0.1, 0.15) is 12.0 Å². The van der Waals surface area contributed by atoms with Crippen LogP contribution in [0.2, 0.25) is 0 Å². The summed E-state index contributed by atoms with van der Waals surface area (Å²) in [7, 11) is 2.14. The summed E-state index contributed by atoms with van der Waals surface area (Å²) in [6.07, 6.45) is 0.209. The second-order valence-corrected chi connectivity index (χ2v) is 8.58. The molecular weight excluding hydrogens is 408 g/mol. The first-order valence-corrected chi connectivity index (χ1v) is 11.1. The lowest BCUT2D eigenvalue weighted by molar-refractivity contribution is -0.126. The van der Waals surface area contributed by atoms with Crippen molar-refractivity contribution in [2.75, 3.05) is 56.4 Å². The Morgan fingerprint density at radius 3 is 2.69 bits per heavy atom. The van der Waals surface area contributed by atoms with Crippen molar-refractivity contribution in [3.63, 3.8) is 0 Å². The number of benzene rings is 2. The lowest BCUT2D eigenvalue weighted by Gasteiger charge is -2.35. The number of carbonyl (C=O) groups is 2. The van der Waals surface area contributed by atoms with Crippen LogP contribution in [0.25, 0.3) is 0 Å². The Hall–Kier alpha value is -3.26. The van der Waals surface area contributed by atoms with E-state index in [1.165, 1.54) is 5.69 Å². The van der Waals surface area contributed by atoms with Crippen molar-refractivity contribution in [2.45, 2.75) is 13.0 Å². The standard InChI is InChI=1S/C24H28N4O4/c1-26-8-10-27(11-9-26)20-5-3-2-4-17(20)14-25-24(30)18-12-23(29)28(15-18)19-6-7-21-22(13-19)32-16-31-21/h2-7,13,18H,8-12,14-16H2,1H3,(H,25,30). The van der Waals surface area contributed by atoms with Gasteiger partial charge in [0.25, 0.3) is 0 Å². The molecule has 8 nitrogen and oxygen atoms in total. The van der Waals surface area contributed by atoms with Crippen molar-refractivity contribution >= 4 is 23.2 Å². The molecule has 0 radical (unpaired) electrons. The Bertz CT molecular complexity index is 1020. The van der Waals surface area contributed by atoms with Gasteiger partial charge in [-0.3, -0.25) is 9.59 Å². The average Bonchev–Trinajstić information content (AvgIpc) is 3.44. The fourth-order valence-corrected chi connectivity index (χ4v) is 4.53. The van der Waals surface area contributed by atoms with Crippen molar-refractivity contribution in [1.29, 1.82) is 0 Å². The van der Waals surface area contributed by atoms with E-state index in [1.807, 2.05) is 18.2 Å². The minimum atomic E-state index is -0.372. The van der Waals surface area contributed by atoms with Gasteiger partial charge in [0.1, 0.15) is 0 Å². The summed E-state index contributed by atoms with van der Waals surface area (Å²) in [6, 6.07) is 13.7. The van der Waals surface area contributed by atoms with E-state index in [-0.39, 0.29) is 30.9 Å². The summed E-state index contributed by atoms with van der Waals surface area (Å²) in [5.74, 6) is 0.790. The molecule has 2 aromatic carbocycles. The van der Waals surface area contributed by atoms with Crippen molar-refractivity contribution in [3.8, 4) is 11.5 Å². The molecule has 8 heteroatoms. The number of hydrogen-bond donors (Lipinski definition) is 1. The van der Waals surface area contributed by atoms with E-state index in [0.29, 0.717) is 24.6 Å². The SMILES string of the molecule is CN1CCN(c2ccccc2CNC(=O)C2CC(=O)N(c3ccc4c(c3)OCO4)C2)CC1. The highest BCUT2D eigenvalue weighted by atomic mass is 16.7. The molecule has 2 amide bonds. The third-order valence-electron chi connectivity index (χ3n) is 6.45. The average molecular weight is 437 g/mol. The fraction of sp³-hybridized carbons (Fsp3) is 0.417. The molecule has 0 aromatic heterocycles. The summed E-state index contributed by atoms with van der Waals surface area (Å²) < 4.78 is 10.8. The van der Waals surface area contributed by atoms with Gasteiger partial charge in [0, 0.05) is 63.1 Å². The van der Waals surface area contributed by atoms with Gasteiger partial charge in [0.15, 0.2) is 11.5 Å². The first-order valence-electron chi connectivity index (χ1n) is 11.1. The number of nitrogens with zero attached hydrogens (tertiary/aromatic N) is 3. The lowest BCUT2D eigenvalue weighted by Crippen LogP contribution is -2.45. The van der Waals surface area contributed by atoms with Crippen molar-refractivity contribution in [3.05, 3.63) is 48.0 Å². The number of anilines is 2. The minimum absolute atomic E-state index is 0.0538. The monoisotopic (exact) mass is 436 g/mol. The zero-order chi connectivity index (χ0) is 22.1. The van der Waals surface area contributed by atoms with Gasteiger partial charge in [0.05, 0.1) is 5.92 Å². The number of ether oxygens (including phenoxy) is 2. The maximum absolute atomic E-state index is 12.9.